The quantitative estimate of drug-likeness (QED) is 0.575. The van der Waals surface area contributed by atoms with Gasteiger partial charge in [0.1, 0.15) is 0 Å². The summed E-state index contributed by atoms with van der Waals surface area (Å²) in [5.74, 6) is -0.643. The van der Waals surface area contributed by atoms with E-state index in [-0.39, 0.29) is 18.4 Å². The van der Waals surface area contributed by atoms with Crippen LogP contribution in [0.4, 0.5) is 4.79 Å². The van der Waals surface area contributed by atoms with E-state index in [1.807, 2.05) is 0 Å². The number of rotatable bonds is 11. The number of nitrogens with one attached hydrogen (secondary N) is 1. The number of aliphatic carboxylic acids is 1. The van der Waals surface area contributed by atoms with E-state index in [1.54, 1.807) is 4.90 Å². The number of likely N-dealkylation sites (tertiary alicyclic amines) is 1. The summed E-state index contributed by atoms with van der Waals surface area (Å²) in [5.41, 5.74) is 0. The van der Waals surface area contributed by atoms with Crippen molar-refractivity contribution in [2.45, 2.75) is 64.7 Å². The number of urea groups is 1. The van der Waals surface area contributed by atoms with E-state index in [0.717, 1.165) is 13.0 Å². The van der Waals surface area contributed by atoms with E-state index in [4.69, 9.17) is 5.11 Å². The van der Waals surface area contributed by atoms with Crippen LogP contribution in [0.1, 0.15) is 64.7 Å². The molecule has 21 heavy (non-hydrogen) atoms. The molecule has 1 aliphatic heterocycles. The lowest BCUT2D eigenvalue weighted by Gasteiger charge is -2.38. The first-order valence-corrected chi connectivity index (χ1v) is 8.38. The number of carbonyl (C=O) groups is 2. The van der Waals surface area contributed by atoms with Crippen molar-refractivity contribution < 1.29 is 14.7 Å². The van der Waals surface area contributed by atoms with E-state index in [9.17, 15) is 9.59 Å². The van der Waals surface area contributed by atoms with Crippen LogP contribution >= 0.6 is 0 Å². The molecule has 0 aliphatic carbocycles. The third-order valence-electron chi connectivity index (χ3n) is 4.01. The van der Waals surface area contributed by atoms with Crippen molar-refractivity contribution in [1.29, 1.82) is 0 Å². The van der Waals surface area contributed by atoms with Crippen LogP contribution in [0.3, 0.4) is 0 Å². The van der Waals surface area contributed by atoms with Crippen LogP contribution in [0.15, 0.2) is 0 Å². The van der Waals surface area contributed by atoms with E-state index in [2.05, 4.69) is 12.2 Å². The van der Waals surface area contributed by atoms with Gasteiger partial charge in [-0.25, -0.2) is 4.79 Å². The van der Waals surface area contributed by atoms with Crippen molar-refractivity contribution in [1.82, 2.24) is 10.2 Å². The summed E-state index contributed by atoms with van der Waals surface area (Å²) in [6.07, 6.45) is 10.2. The Hall–Kier alpha value is -1.26. The number of carbonyl (C=O) groups excluding carboxylic acids is 1. The van der Waals surface area contributed by atoms with E-state index < -0.39 is 5.97 Å². The van der Waals surface area contributed by atoms with Crippen molar-refractivity contribution in [3.05, 3.63) is 0 Å². The van der Waals surface area contributed by atoms with Gasteiger partial charge >= 0.3 is 12.0 Å². The molecule has 1 saturated heterocycles. The van der Waals surface area contributed by atoms with E-state index in [1.165, 1.54) is 44.9 Å². The fourth-order valence-electron chi connectivity index (χ4n) is 2.68. The van der Waals surface area contributed by atoms with E-state index in [0.29, 0.717) is 13.1 Å². The summed E-state index contributed by atoms with van der Waals surface area (Å²) < 4.78 is 0. The molecular weight excluding hydrogens is 268 g/mol. The van der Waals surface area contributed by atoms with Gasteiger partial charge in [0.2, 0.25) is 0 Å². The summed E-state index contributed by atoms with van der Waals surface area (Å²) >= 11 is 0. The first kappa shape index (κ1) is 17.8. The smallest absolute Gasteiger partial charge is 0.317 e. The Labute approximate surface area is 128 Å². The summed E-state index contributed by atoms with van der Waals surface area (Å²) in [6.45, 7) is 4.11. The first-order chi connectivity index (χ1) is 10.1. The summed E-state index contributed by atoms with van der Waals surface area (Å²) in [4.78, 5) is 23.9. The molecule has 0 bridgehead atoms. The number of amides is 2. The summed E-state index contributed by atoms with van der Waals surface area (Å²) in [5, 5.41) is 11.6. The molecule has 0 unspecified atom stereocenters. The van der Waals surface area contributed by atoms with Crippen LogP contribution in [-0.4, -0.2) is 41.6 Å². The lowest BCUT2D eigenvalue weighted by atomic mass is 9.97. The van der Waals surface area contributed by atoms with Crippen LogP contribution < -0.4 is 5.32 Å². The van der Waals surface area contributed by atoms with Gasteiger partial charge in [-0.05, 0) is 6.42 Å². The molecule has 0 aromatic heterocycles. The van der Waals surface area contributed by atoms with Gasteiger partial charge < -0.3 is 15.3 Å². The molecule has 0 radical (unpaired) electrons. The Morgan fingerprint density at radius 2 is 1.62 bits per heavy atom. The summed E-state index contributed by atoms with van der Waals surface area (Å²) in [6, 6.07) is -0.0421. The maximum absolute atomic E-state index is 11.7. The van der Waals surface area contributed by atoms with Crippen molar-refractivity contribution in [2.24, 2.45) is 5.92 Å². The van der Waals surface area contributed by atoms with Crippen LogP contribution in [-0.2, 0) is 4.79 Å². The second-order valence-electron chi connectivity index (χ2n) is 6.08. The highest BCUT2D eigenvalue weighted by atomic mass is 16.4. The molecule has 0 aromatic carbocycles. The maximum atomic E-state index is 11.7. The van der Waals surface area contributed by atoms with Crippen LogP contribution in [0.2, 0.25) is 0 Å². The Morgan fingerprint density at radius 1 is 1.05 bits per heavy atom. The molecule has 2 N–H and O–H groups in total. The molecule has 122 valence electrons. The lowest BCUT2D eigenvalue weighted by Crippen LogP contribution is -2.54. The lowest BCUT2D eigenvalue weighted by molar-refractivity contribution is -0.139. The average molecular weight is 298 g/mol. The third kappa shape index (κ3) is 7.93. The zero-order chi connectivity index (χ0) is 15.5. The van der Waals surface area contributed by atoms with Gasteiger partial charge in [0.15, 0.2) is 0 Å². The van der Waals surface area contributed by atoms with Crippen LogP contribution in [0.25, 0.3) is 0 Å². The van der Waals surface area contributed by atoms with Gasteiger partial charge in [0.25, 0.3) is 0 Å². The van der Waals surface area contributed by atoms with E-state index >= 15 is 0 Å². The first-order valence-electron chi connectivity index (χ1n) is 8.38. The van der Waals surface area contributed by atoms with Gasteiger partial charge in [0, 0.05) is 25.6 Å². The number of nitrogens with zero attached hydrogens (tertiary/aromatic N) is 1. The zero-order valence-corrected chi connectivity index (χ0v) is 13.3. The van der Waals surface area contributed by atoms with Gasteiger partial charge in [-0.3, -0.25) is 4.79 Å². The van der Waals surface area contributed by atoms with Crippen molar-refractivity contribution in [3.8, 4) is 0 Å². The van der Waals surface area contributed by atoms with Crippen molar-refractivity contribution in [2.75, 3.05) is 19.6 Å². The highest BCUT2D eigenvalue weighted by Crippen LogP contribution is 2.18. The predicted octanol–water partition coefficient (Wildman–Crippen LogP) is 3.24. The van der Waals surface area contributed by atoms with Crippen molar-refractivity contribution >= 4 is 12.0 Å². The fourth-order valence-corrected chi connectivity index (χ4v) is 2.68. The topological polar surface area (TPSA) is 69.6 Å². The number of carboxylic acids is 1. The van der Waals surface area contributed by atoms with Gasteiger partial charge in [-0.2, -0.15) is 0 Å². The van der Waals surface area contributed by atoms with Crippen LogP contribution in [0.5, 0.6) is 0 Å². The molecule has 0 saturated carbocycles. The minimum Gasteiger partial charge on any atom is -0.481 e. The van der Waals surface area contributed by atoms with Gasteiger partial charge in [-0.1, -0.05) is 51.9 Å². The number of hydrogen-bond donors (Lipinski definition) is 2. The number of hydrogen-bond acceptors (Lipinski definition) is 2. The standard InChI is InChI=1S/C16H30N2O3/c1-2-3-4-5-6-7-8-9-10-17-16(21)18-12-14(13-18)11-15(19)20/h14H,2-13H2,1H3,(H,17,21)(H,19,20). The molecule has 1 rings (SSSR count). The normalized spacial score (nSPS) is 14.8. The minimum absolute atomic E-state index is 0.0421. The highest BCUT2D eigenvalue weighted by molar-refractivity contribution is 5.75. The third-order valence-corrected chi connectivity index (χ3v) is 4.01. The fraction of sp³-hybridized carbons (Fsp3) is 0.875. The Morgan fingerprint density at radius 3 is 2.19 bits per heavy atom. The Bertz CT molecular complexity index is 315. The second kappa shape index (κ2) is 10.5. The summed E-state index contributed by atoms with van der Waals surface area (Å²) in [7, 11) is 0. The molecule has 2 amide bonds. The number of unbranched alkanes of at least 4 members (excludes halogenated alkanes) is 7. The maximum Gasteiger partial charge on any atom is 0.317 e. The average Bonchev–Trinajstić information content (AvgIpc) is 2.40. The Balaban J connectivity index is 1.87. The Kier molecular flexibility index (Phi) is 8.87. The molecule has 5 heteroatoms. The molecule has 1 fully saturated rings. The minimum atomic E-state index is -0.779. The monoisotopic (exact) mass is 298 g/mol. The molecule has 1 heterocycles. The second-order valence-corrected chi connectivity index (χ2v) is 6.08. The number of carboxylic acid groups (broad SMARTS) is 1. The van der Waals surface area contributed by atoms with Gasteiger partial charge in [0.05, 0.1) is 6.42 Å². The molecule has 5 nitrogen and oxygen atoms in total. The van der Waals surface area contributed by atoms with Crippen molar-refractivity contribution in [3.63, 3.8) is 0 Å². The molecular formula is C16H30N2O3. The zero-order valence-electron chi connectivity index (χ0n) is 13.3. The molecule has 0 aromatic rings. The molecule has 0 spiro atoms. The molecule has 1 aliphatic rings. The largest absolute Gasteiger partial charge is 0.481 e. The SMILES string of the molecule is CCCCCCCCCCNC(=O)N1CC(CC(=O)O)C1. The predicted molar refractivity (Wildman–Crippen MR) is 83.3 cm³/mol. The molecule has 0 atom stereocenters. The highest BCUT2D eigenvalue weighted by Gasteiger charge is 2.31. The van der Waals surface area contributed by atoms with Gasteiger partial charge in [-0.15, -0.1) is 0 Å². The van der Waals surface area contributed by atoms with Crippen LogP contribution in [0, 0.1) is 5.92 Å².